The Morgan fingerprint density at radius 2 is 2.40 bits per heavy atom. The quantitative estimate of drug-likeness (QED) is 0.532. The first-order valence-corrected chi connectivity index (χ1v) is 5.81. The monoisotopic (exact) mass is 215 g/mol. The molecule has 1 aliphatic heterocycles. The zero-order chi connectivity index (χ0) is 10.9. The number of nitrogens with one attached hydrogen (secondary N) is 1. The van der Waals surface area contributed by atoms with Crippen LogP contribution in [-0.2, 0) is 14.3 Å². The van der Waals surface area contributed by atoms with Crippen LogP contribution in [0.1, 0.15) is 32.6 Å². The van der Waals surface area contributed by atoms with Gasteiger partial charge in [0.05, 0.1) is 19.3 Å². The van der Waals surface area contributed by atoms with Gasteiger partial charge in [0.25, 0.3) is 0 Å². The molecule has 0 radical (unpaired) electrons. The number of ether oxygens (including phenoxy) is 2. The zero-order valence-corrected chi connectivity index (χ0v) is 9.46. The molecule has 0 aromatic heterocycles. The first kappa shape index (κ1) is 12.5. The fourth-order valence-electron chi connectivity index (χ4n) is 1.68. The third-order valence-electron chi connectivity index (χ3n) is 2.47. The van der Waals surface area contributed by atoms with Crippen molar-refractivity contribution in [1.82, 2.24) is 5.32 Å². The van der Waals surface area contributed by atoms with E-state index in [0.717, 1.165) is 39.0 Å². The number of carbonyl (C=O) groups is 1. The maximum Gasteiger partial charge on any atom is 0.305 e. The van der Waals surface area contributed by atoms with E-state index >= 15 is 0 Å². The molecule has 1 saturated heterocycles. The maximum absolute atomic E-state index is 11.0. The van der Waals surface area contributed by atoms with Crippen LogP contribution >= 0.6 is 0 Å². The molecule has 1 heterocycles. The summed E-state index contributed by atoms with van der Waals surface area (Å²) in [4.78, 5) is 11.0. The highest BCUT2D eigenvalue weighted by atomic mass is 16.5. The van der Waals surface area contributed by atoms with Crippen molar-refractivity contribution in [3.05, 3.63) is 0 Å². The molecule has 88 valence electrons. The largest absolute Gasteiger partial charge is 0.466 e. The molecule has 0 amide bonds. The van der Waals surface area contributed by atoms with Gasteiger partial charge >= 0.3 is 5.97 Å². The molecule has 4 nitrogen and oxygen atoms in total. The third kappa shape index (κ3) is 5.74. The summed E-state index contributed by atoms with van der Waals surface area (Å²) < 4.78 is 10.4. The highest BCUT2D eigenvalue weighted by molar-refractivity contribution is 5.69. The van der Waals surface area contributed by atoms with Crippen molar-refractivity contribution in [2.45, 2.75) is 38.7 Å². The van der Waals surface area contributed by atoms with Crippen molar-refractivity contribution in [2.24, 2.45) is 0 Å². The van der Waals surface area contributed by atoms with Crippen molar-refractivity contribution in [3.8, 4) is 0 Å². The molecule has 15 heavy (non-hydrogen) atoms. The maximum atomic E-state index is 11.0. The van der Waals surface area contributed by atoms with Crippen molar-refractivity contribution >= 4 is 5.97 Å². The van der Waals surface area contributed by atoms with Crippen LogP contribution in [0, 0.1) is 0 Å². The van der Waals surface area contributed by atoms with E-state index < -0.39 is 0 Å². The molecule has 1 N–H and O–H groups in total. The molecule has 1 rings (SSSR count). The predicted molar refractivity (Wildman–Crippen MR) is 57.7 cm³/mol. The first-order chi connectivity index (χ1) is 7.33. The molecular weight excluding hydrogens is 194 g/mol. The van der Waals surface area contributed by atoms with Gasteiger partial charge in [-0.3, -0.25) is 4.79 Å². The summed E-state index contributed by atoms with van der Waals surface area (Å²) in [5.74, 6) is -0.0832. The van der Waals surface area contributed by atoms with Crippen LogP contribution in [0.15, 0.2) is 0 Å². The predicted octanol–water partition coefficient (Wildman–Crippen LogP) is 1.10. The fraction of sp³-hybridized carbons (Fsp3) is 0.909. The lowest BCUT2D eigenvalue weighted by atomic mass is 10.1. The summed E-state index contributed by atoms with van der Waals surface area (Å²) in [6.45, 7) is 5.02. The second-order valence-corrected chi connectivity index (χ2v) is 3.75. The molecule has 0 aromatic carbocycles. The minimum atomic E-state index is -0.0832. The number of hydrogen-bond acceptors (Lipinski definition) is 4. The van der Waals surface area contributed by atoms with E-state index in [1.165, 1.54) is 0 Å². The molecule has 0 aliphatic carbocycles. The van der Waals surface area contributed by atoms with E-state index in [2.05, 4.69) is 5.32 Å². The topological polar surface area (TPSA) is 47.6 Å². The number of hydrogen-bond donors (Lipinski definition) is 1. The Morgan fingerprint density at radius 3 is 3.07 bits per heavy atom. The van der Waals surface area contributed by atoms with Crippen LogP contribution in [0.4, 0.5) is 0 Å². The summed E-state index contributed by atoms with van der Waals surface area (Å²) >= 11 is 0. The lowest BCUT2D eigenvalue weighted by Crippen LogP contribution is -2.38. The van der Waals surface area contributed by atoms with Crippen molar-refractivity contribution < 1.29 is 14.3 Å². The Kier molecular flexibility index (Phi) is 6.36. The molecule has 0 aromatic rings. The second-order valence-electron chi connectivity index (χ2n) is 3.75. The Bertz CT molecular complexity index is 179. The molecule has 1 aliphatic rings. The molecule has 0 unspecified atom stereocenters. The second kappa shape index (κ2) is 7.65. The molecule has 0 spiro atoms. The van der Waals surface area contributed by atoms with E-state index in [0.29, 0.717) is 19.1 Å². The van der Waals surface area contributed by atoms with Crippen LogP contribution in [0.25, 0.3) is 0 Å². The van der Waals surface area contributed by atoms with E-state index in [-0.39, 0.29) is 5.97 Å². The van der Waals surface area contributed by atoms with E-state index in [4.69, 9.17) is 9.47 Å². The summed E-state index contributed by atoms with van der Waals surface area (Å²) in [6.07, 6.45) is 3.84. The minimum absolute atomic E-state index is 0.0832. The normalized spacial score (nSPS) is 21.3. The van der Waals surface area contributed by atoms with Gasteiger partial charge in [-0.15, -0.1) is 0 Å². The third-order valence-corrected chi connectivity index (χ3v) is 2.47. The van der Waals surface area contributed by atoms with Crippen LogP contribution in [-0.4, -0.2) is 38.4 Å². The Hall–Kier alpha value is -0.610. The lowest BCUT2D eigenvalue weighted by Gasteiger charge is -2.23. The summed E-state index contributed by atoms with van der Waals surface area (Å²) in [5.41, 5.74) is 0. The van der Waals surface area contributed by atoms with Crippen molar-refractivity contribution in [3.63, 3.8) is 0 Å². The van der Waals surface area contributed by atoms with Crippen LogP contribution in [0.2, 0.25) is 0 Å². The molecule has 0 bridgehead atoms. The highest BCUT2D eigenvalue weighted by Crippen LogP contribution is 2.08. The lowest BCUT2D eigenvalue weighted by molar-refractivity contribution is -0.143. The number of rotatable bonds is 6. The van der Waals surface area contributed by atoms with Gasteiger partial charge in [0.15, 0.2) is 0 Å². The number of carbonyl (C=O) groups excluding carboxylic acids is 1. The molecular formula is C11H21NO3. The van der Waals surface area contributed by atoms with Gasteiger partial charge in [0.2, 0.25) is 0 Å². The number of unbranched alkanes of at least 4 members (excludes halogenated alkanes) is 1. The van der Waals surface area contributed by atoms with Gasteiger partial charge in [-0.1, -0.05) is 6.42 Å². The van der Waals surface area contributed by atoms with Gasteiger partial charge in [0, 0.05) is 19.5 Å². The van der Waals surface area contributed by atoms with E-state index in [9.17, 15) is 4.79 Å². The van der Waals surface area contributed by atoms with Crippen LogP contribution in [0.3, 0.4) is 0 Å². The highest BCUT2D eigenvalue weighted by Gasteiger charge is 2.12. The van der Waals surface area contributed by atoms with Crippen LogP contribution in [0.5, 0.6) is 0 Å². The Balaban J connectivity index is 1.93. The molecule has 4 heteroatoms. The Labute approximate surface area is 91.3 Å². The first-order valence-electron chi connectivity index (χ1n) is 5.81. The fourth-order valence-corrected chi connectivity index (χ4v) is 1.68. The van der Waals surface area contributed by atoms with Gasteiger partial charge in [-0.05, 0) is 19.8 Å². The van der Waals surface area contributed by atoms with Gasteiger partial charge < -0.3 is 14.8 Å². The van der Waals surface area contributed by atoms with Gasteiger partial charge in [-0.2, -0.15) is 0 Å². The van der Waals surface area contributed by atoms with Crippen molar-refractivity contribution in [2.75, 3.05) is 26.3 Å². The number of esters is 1. The summed E-state index contributed by atoms with van der Waals surface area (Å²) in [6, 6.07) is 0. The summed E-state index contributed by atoms with van der Waals surface area (Å²) in [7, 11) is 0. The van der Waals surface area contributed by atoms with E-state index in [1.54, 1.807) is 0 Å². The van der Waals surface area contributed by atoms with Gasteiger partial charge in [-0.25, -0.2) is 0 Å². The summed E-state index contributed by atoms with van der Waals surface area (Å²) in [5, 5.41) is 3.29. The van der Waals surface area contributed by atoms with E-state index in [1.807, 2.05) is 6.92 Å². The minimum Gasteiger partial charge on any atom is -0.466 e. The molecule has 1 fully saturated rings. The molecule has 0 saturated carbocycles. The zero-order valence-electron chi connectivity index (χ0n) is 9.46. The molecule has 1 atom stereocenters. The number of morpholine rings is 1. The SMILES string of the molecule is CCOC(=O)CCCC[C@@H]1CNCCO1. The average molecular weight is 215 g/mol. The van der Waals surface area contributed by atoms with Crippen molar-refractivity contribution in [1.29, 1.82) is 0 Å². The average Bonchev–Trinajstić information content (AvgIpc) is 2.26. The Morgan fingerprint density at radius 1 is 1.53 bits per heavy atom. The standard InChI is InChI=1S/C11H21NO3/c1-2-14-11(13)6-4-3-5-10-9-12-7-8-15-10/h10,12H,2-9H2,1H3/t10-/m1/s1. The smallest absolute Gasteiger partial charge is 0.305 e. The van der Waals surface area contributed by atoms with Gasteiger partial charge in [0.1, 0.15) is 0 Å². The van der Waals surface area contributed by atoms with Crippen LogP contribution < -0.4 is 5.32 Å².